The van der Waals surface area contributed by atoms with Gasteiger partial charge in [-0.1, -0.05) is 66.7 Å². The summed E-state index contributed by atoms with van der Waals surface area (Å²) in [7, 11) is 2.21. The summed E-state index contributed by atoms with van der Waals surface area (Å²) in [5, 5.41) is 11.2. The molecule has 27 heavy (non-hydrogen) atoms. The lowest BCUT2D eigenvalue weighted by Gasteiger charge is -2.49. The van der Waals surface area contributed by atoms with Gasteiger partial charge in [0.2, 0.25) is 0 Å². The molecule has 0 aliphatic heterocycles. The number of aryl methyl sites for hydroxylation is 1. The molecule has 3 rings (SSSR count). The lowest BCUT2D eigenvalue weighted by Crippen LogP contribution is -2.54. The van der Waals surface area contributed by atoms with Crippen LogP contribution < -0.4 is 0 Å². The number of hydrogen-bond acceptors (Lipinski definition) is 2. The Balaban J connectivity index is 1.68. The van der Waals surface area contributed by atoms with Crippen molar-refractivity contribution in [3.63, 3.8) is 0 Å². The molecule has 0 aromatic heterocycles. The maximum Gasteiger partial charge on any atom is 0.0652 e. The quantitative estimate of drug-likeness (QED) is 0.665. The van der Waals surface area contributed by atoms with Crippen molar-refractivity contribution in [3.8, 4) is 0 Å². The van der Waals surface area contributed by atoms with E-state index in [9.17, 15) is 5.11 Å². The SMILES string of the molecule is C=CCN(C)C1(Cc2ccccc2)CCC(O)(CCc2ccccc2)CC1. The maximum atomic E-state index is 11.2. The molecule has 1 saturated carbocycles. The minimum atomic E-state index is -0.537. The summed E-state index contributed by atoms with van der Waals surface area (Å²) in [5.74, 6) is 0. The fraction of sp³-hybridized carbons (Fsp3) is 0.440. The second-order valence-electron chi connectivity index (χ2n) is 8.27. The Morgan fingerprint density at radius 2 is 1.48 bits per heavy atom. The van der Waals surface area contributed by atoms with Gasteiger partial charge in [0.25, 0.3) is 0 Å². The highest BCUT2D eigenvalue weighted by Gasteiger charge is 2.43. The molecule has 2 heteroatoms. The molecule has 0 amide bonds. The first-order chi connectivity index (χ1) is 13.1. The van der Waals surface area contributed by atoms with Crippen LogP contribution in [0.25, 0.3) is 0 Å². The van der Waals surface area contributed by atoms with Crippen LogP contribution in [0, 0.1) is 0 Å². The van der Waals surface area contributed by atoms with E-state index in [4.69, 9.17) is 0 Å². The molecule has 144 valence electrons. The van der Waals surface area contributed by atoms with Gasteiger partial charge in [-0.15, -0.1) is 6.58 Å². The highest BCUT2D eigenvalue weighted by atomic mass is 16.3. The number of benzene rings is 2. The number of rotatable bonds is 8. The minimum absolute atomic E-state index is 0.106. The number of nitrogens with zero attached hydrogens (tertiary/aromatic N) is 1. The molecule has 1 aliphatic rings. The van der Waals surface area contributed by atoms with E-state index in [2.05, 4.69) is 73.1 Å². The maximum absolute atomic E-state index is 11.2. The van der Waals surface area contributed by atoms with Crippen LogP contribution in [-0.4, -0.2) is 34.7 Å². The van der Waals surface area contributed by atoms with Crippen molar-refractivity contribution in [3.05, 3.63) is 84.4 Å². The Labute approximate surface area is 164 Å². The van der Waals surface area contributed by atoms with Gasteiger partial charge >= 0.3 is 0 Å². The van der Waals surface area contributed by atoms with Gasteiger partial charge in [-0.05, 0) is 63.1 Å². The molecule has 0 saturated heterocycles. The van der Waals surface area contributed by atoms with Crippen LogP contribution in [0.15, 0.2) is 73.3 Å². The van der Waals surface area contributed by atoms with Crippen LogP contribution in [-0.2, 0) is 12.8 Å². The van der Waals surface area contributed by atoms with Crippen molar-refractivity contribution in [2.24, 2.45) is 0 Å². The van der Waals surface area contributed by atoms with E-state index >= 15 is 0 Å². The van der Waals surface area contributed by atoms with E-state index < -0.39 is 5.60 Å². The lowest BCUT2D eigenvalue weighted by atomic mass is 9.69. The second kappa shape index (κ2) is 8.86. The van der Waals surface area contributed by atoms with Crippen molar-refractivity contribution in [1.82, 2.24) is 4.90 Å². The number of hydrogen-bond donors (Lipinski definition) is 1. The molecule has 1 fully saturated rings. The topological polar surface area (TPSA) is 23.5 Å². The van der Waals surface area contributed by atoms with Crippen LogP contribution in [0.5, 0.6) is 0 Å². The zero-order valence-corrected chi connectivity index (χ0v) is 16.6. The normalized spacial score (nSPS) is 25.4. The van der Waals surface area contributed by atoms with Crippen molar-refractivity contribution >= 4 is 0 Å². The zero-order chi connectivity index (χ0) is 19.2. The van der Waals surface area contributed by atoms with Crippen molar-refractivity contribution in [2.45, 2.75) is 56.1 Å². The molecule has 0 radical (unpaired) electrons. The molecule has 2 nitrogen and oxygen atoms in total. The van der Waals surface area contributed by atoms with Gasteiger partial charge in [0.05, 0.1) is 5.60 Å². The highest BCUT2D eigenvalue weighted by Crippen LogP contribution is 2.42. The summed E-state index contributed by atoms with van der Waals surface area (Å²) in [5.41, 5.74) is 2.26. The molecular formula is C25H33NO. The average molecular weight is 364 g/mol. The Morgan fingerprint density at radius 1 is 0.926 bits per heavy atom. The van der Waals surface area contributed by atoms with Crippen LogP contribution in [0.4, 0.5) is 0 Å². The second-order valence-corrected chi connectivity index (χ2v) is 8.27. The number of likely N-dealkylation sites (N-methyl/N-ethyl adjacent to an activating group) is 1. The summed E-state index contributed by atoms with van der Waals surface area (Å²) in [4.78, 5) is 2.45. The van der Waals surface area contributed by atoms with Crippen LogP contribution in [0.3, 0.4) is 0 Å². The molecule has 0 spiro atoms. The fourth-order valence-electron chi connectivity index (χ4n) is 4.51. The highest BCUT2D eigenvalue weighted by molar-refractivity contribution is 5.20. The van der Waals surface area contributed by atoms with Gasteiger partial charge in [-0.25, -0.2) is 0 Å². The molecule has 0 unspecified atom stereocenters. The summed E-state index contributed by atoms with van der Waals surface area (Å²) in [6, 6.07) is 21.3. The third-order valence-corrected chi connectivity index (χ3v) is 6.42. The van der Waals surface area contributed by atoms with Gasteiger partial charge < -0.3 is 5.11 Å². The predicted molar refractivity (Wildman–Crippen MR) is 114 cm³/mol. The zero-order valence-electron chi connectivity index (χ0n) is 16.6. The average Bonchev–Trinajstić information content (AvgIpc) is 2.70. The van der Waals surface area contributed by atoms with Crippen molar-refractivity contribution in [1.29, 1.82) is 0 Å². The van der Waals surface area contributed by atoms with E-state index in [0.29, 0.717) is 0 Å². The van der Waals surface area contributed by atoms with Crippen molar-refractivity contribution in [2.75, 3.05) is 13.6 Å². The minimum Gasteiger partial charge on any atom is -0.390 e. The van der Waals surface area contributed by atoms with Gasteiger partial charge in [0.15, 0.2) is 0 Å². The Hall–Kier alpha value is -1.90. The lowest BCUT2D eigenvalue weighted by molar-refractivity contribution is -0.0519. The first kappa shape index (κ1) is 19.9. The van der Waals surface area contributed by atoms with Crippen LogP contribution in [0.2, 0.25) is 0 Å². The van der Waals surface area contributed by atoms with E-state index in [1.165, 1.54) is 11.1 Å². The van der Waals surface area contributed by atoms with E-state index in [0.717, 1.165) is 51.5 Å². The van der Waals surface area contributed by atoms with E-state index in [1.807, 2.05) is 12.1 Å². The summed E-state index contributed by atoms with van der Waals surface area (Å²) < 4.78 is 0. The van der Waals surface area contributed by atoms with E-state index in [-0.39, 0.29) is 5.54 Å². The largest absolute Gasteiger partial charge is 0.390 e. The molecule has 1 N–H and O–H groups in total. The Bertz CT molecular complexity index is 702. The van der Waals surface area contributed by atoms with Crippen LogP contribution in [0.1, 0.15) is 43.2 Å². The first-order valence-electron chi connectivity index (χ1n) is 10.2. The Kier molecular flexibility index (Phi) is 6.51. The monoisotopic (exact) mass is 363 g/mol. The van der Waals surface area contributed by atoms with Crippen LogP contribution >= 0.6 is 0 Å². The molecule has 2 aromatic rings. The predicted octanol–water partition coefficient (Wildman–Crippen LogP) is 5.02. The summed E-state index contributed by atoms with van der Waals surface area (Å²) >= 11 is 0. The van der Waals surface area contributed by atoms with Gasteiger partial charge in [0, 0.05) is 12.1 Å². The smallest absolute Gasteiger partial charge is 0.0652 e. The summed E-state index contributed by atoms with van der Waals surface area (Å²) in [6.45, 7) is 4.82. The molecule has 0 bridgehead atoms. The summed E-state index contributed by atoms with van der Waals surface area (Å²) in [6.07, 6.45) is 8.61. The molecular weight excluding hydrogens is 330 g/mol. The third kappa shape index (κ3) is 5.09. The van der Waals surface area contributed by atoms with E-state index in [1.54, 1.807) is 0 Å². The standard InChI is InChI=1S/C25H33NO/c1-3-20-26(2)24(21-23-12-8-5-9-13-23)16-18-25(27,19-17-24)15-14-22-10-6-4-7-11-22/h3-13,27H,1,14-21H2,2H3. The molecule has 1 aliphatic carbocycles. The molecule has 0 atom stereocenters. The first-order valence-corrected chi connectivity index (χ1v) is 10.2. The Morgan fingerprint density at radius 3 is 2.04 bits per heavy atom. The van der Waals surface area contributed by atoms with Gasteiger partial charge in [0.1, 0.15) is 0 Å². The third-order valence-electron chi connectivity index (χ3n) is 6.42. The van der Waals surface area contributed by atoms with Gasteiger partial charge in [-0.2, -0.15) is 0 Å². The molecule has 0 heterocycles. The van der Waals surface area contributed by atoms with Gasteiger partial charge in [-0.3, -0.25) is 4.90 Å². The fourth-order valence-corrected chi connectivity index (χ4v) is 4.51. The molecule has 2 aromatic carbocycles. The van der Waals surface area contributed by atoms with Crippen molar-refractivity contribution < 1.29 is 5.11 Å². The number of aliphatic hydroxyl groups is 1.